The molecular formula is C12H18N2O3. The number of anilines is 1. The Morgan fingerprint density at radius 3 is 2.76 bits per heavy atom. The first-order chi connectivity index (χ1) is 8.06. The molecule has 0 aromatic heterocycles. The summed E-state index contributed by atoms with van der Waals surface area (Å²) in [7, 11) is 3.12. The van der Waals surface area contributed by atoms with Crippen LogP contribution >= 0.6 is 0 Å². The summed E-state index contributed by atoms with van der Waals surface area (Å²) in [4.78, 5) is 13.4. The molecule has 0 saturated heterocycles. The Kier molecular flexibility index (Phi) is 4.93. The van der Waals surface area contributed by atoms with E-state index in [0.29, 0.717) is 11.3 Å². The molecule has 5 heteroatoms. The topological polar surface area (TPSA) is 75.8 Å². The van der Waals surface area contributed by atoms with Gasteiger partial charge in [-0.05, 0) is 12.1 Å². The number of benzene rings is 1. The van der Waals surface area contributed by atoms with Crippen LogP contribution in [0.5, 0.6) is 0 Å². The number of aliphatic hydroxyl groups excluding tert-OH is 1. The van der Waals surface area contributed by atoms with Crippen LogP contribution < -0.4 is 5.73 Å². The highest BCUT2D eigenvalue weighted by Crippen LogP contribution is 2.12. The summed E-state index contributed by atoms with van der Waals surface area (Å²) in [5, 5.41) is 9.53. The standard InChI is InChI=1S/C12H18N2O3/c1-14(7-9(15)8-17-2)12(16)10-5-3-4-6-11(10)13/h3-6,9,15H,7-8,13H2,1-2H3. The summed E-state index contributed by atoms with van der Waals surface area (Å²) in [6.45, 7) is 0.406. The van der Waals surface area contributed by atoms with E-state index in [1.807, 2.05) is 0 Å². The van der Waals surface area contributed by atoms with Gasteiger partial charge in [-0.3, -0.25) is 4.79 Å². The van der Waals surface area contributed by atoms with Crippen molar-refractivity contribution in [3.05, 3.63) is 29.8 Å². The number of hydrogen-bond donors (Lipinski definition) is 2. The molecule has 3 N–H and O–H groups in total. The Labute approximate surface area is 101 Å². The maximum atomic E-state index is 12.0. The van der Waals surface area contributed by atoms with E-state index in [0.717, 1.165) is 0 Å². The van der Waals surface area contributed by atoms with Gasteiger partial charge in [0.2, 0.25) is 0 Å². The van der Waals surface area contributed by atoms with Crippen LogP contribution in [-0.4, -0.2) is 49.3 Å². The maximum Gasteiger partial charge on any atom is 0.255 e. The summed E-state index contributed by atoms with van der Waals surface area (Å²) < 4.78 is 4.80. The maximum absolute atomic E-state index is 12.0. The van der Waals surface area contributed by atoms with Gasteiger partial charge in [0.1, 0.15) is 0 Å². The minimum atomic E-state index is -0.695. The molecule has 0 fully saturated rings. The third kappa shape index (κ3) is 3.72. The van der Waals surface area contributed by atoms with Crippen LogP contribution in [0.1, 0.15) is 10.4 Å². The number of aliphatic hydroxyl groups is 1. The zero-order valence-corrected chi connectivity index (χ0v) is 10.1. The first kappa shape index (κ1) is 13.5. The van der Waals surface area contributed by atoms with Crippen LogP contribution in [0.25, 0.3) is 0 Å². The van der Waals surface area contributed by atoms with E-state index in [9.17, 15) is 9.90 Å². The number of nitrogens with two attached hydrogens (primary N) is 1. The predicted octanol–water partition coefficient (Wildman–Crippen LogP) is 0.348. The summed E-state index contributed by atoms with van der Waals surface area (Å²) in [6, 6.07) is 6.86. The average molecular weight is 238 g/mol. The van der Waals surface area contributed by atoms with Gasteiger partial charge in [-0.25, -0.2) is 0 Å². The van der Waals surface area contributed by atoms with Crippen LogP contribution in [0, 0.1) is 0 Å². The van der Waals surface area contributed by atoms with Gasteiger partial charge in [0.25, 0.3) is 5.91 Å². The third-order valence-corrected chi connectivity index (χ3v) is 2.38. The largest absolute Gasteiger partial charge is 0.398 e. The fraction of sp³-hybridized carbons (Fsp3) is 0.417. The number of carbonyl (C=O) groups is 1. The van der Waals surface area contributed by atoms with Gasteiger partial charge in [-0.15, -0.1) is 0 Å². The van der Waals surface area contributed by atoms with E-state index >= 15 is 0 Å². The zero-order chi connectivity index (χ0) is 12.8. The van der Waals surface area contributed by atoms with Crippen molar-refractivity contribution in [1.29, 1.82) is 0 Å². The molecule has 0 spiro atoms. The van der Waals surface area contributed by atoms with Crippen molar-refractivity contribution >= 4 is 11.6 Å². The number of rotatable bonds is 5. The first-order valence-electron chi connectivity index (χ1n) is 5.33. The highest BCUT2D eigenvalue weighted by atomic mass is 16.5. The van der Waals surface area contributed by atoms with E-state index in [1.54, 1.807) is 31.3 Å². The van der Waals surface area contributed by atoms with Gasteiger partial charge in [0.05, 0.1) is 18.3 Å². The summed E-state index contributed by atoms with van der Waals surface area (Å²) in [6.07, 6.45) is -0.695. The number of methoxy groups -OCH3 is 1. The van der Waals surface area contributed by atoms with E-state index in [4.69, 9.17) is 10.5 Å². The van der Waals surface area contributed by atoms with Crippen molar-refractivity contribution in [3.63, 3.8) is 0 Å². The molecule has 1 unspecified atom stereocenters. The lowest BCUT2D eigenvalue weighted by atomic mass is 10.1. The molecule has 0 aliphatic rings. The fourth-order valence-corrected chi connectivity index (χ4v) is 1.54. The molecule has 0 aliphatic heterocycles. The molecule has 5 nitrogen and oxygen atoms in total. The van der Waals surface area contributed by atoms with Crippen molar-refractivity contribution in [3.8, 4) is 0 Å². The van der Waals surface area contributed by atoms with Crippen molar-refractivity contribution < 1.29 is 14.6 Å². The van der Waals surface area contributed by atoms with Crippen LogP contribution in [-0.2, 0) is 4.74 Å². The van der Waals surface area contributed by atoms with Gasteiger partial charge >= 0.3 is 0 Å². The van der Waals surface area contributed by atoms with Gasteiger partial charge < -0.3 is 20.5 Å². The van der Waals surface area contributed by atoms with Crippen LogP contribution in [0.15, 0.2) is 24.3 Å². The van der Waals surface area contributed by atoms with Crippen LogP contribution in [0.2, 0.25) is 0 Å². The van der Waals surface area contributed by atoms with Crippen LogP contribution in [0.3, 0.4) is 0 Å². The predicted molar refractivity (Wildman–Crippen MR) is 65.7 cm³/mol. The quantitative estimate of drug-likeness (QED) is 0.726. The second-order valence-corrected chi connectivity index (χ2v) is 3.88. The molecule has 94 valence electrons. The Bertz CT molecular complexity index is 382. The molecule has 0 saturated carbocycles. The average Bonchev–Trinajstić information content (AvgIpc) is 2.29. The minimum Gasteiger partial charge on any atom is -0.398 e. The molecule has 0 aliphatic carbocycles. The highest BCUT2D eigenvalue weighted by molar-refractivity contribution is 5.98. The molecule has 1 rings (SSSR count). The number of hydrogen-bond acceptors (Lipinski definition) is 4. The fourth-order valence-electron chi connectivity index (χ4n) is 1.54. The minimum absolute atomic E-state index is 0.196. The normalized spacial score (nSPS) is 12.2. The van der Waals surface area contributed by atoms with E-state index < -0.39 is 6.10 Å². The second-order valence-electron chi connectivity index (χ2n) is 3.88. The first-order valence-corrected chi connectivity index (χ1v) is 5.33. The number of para-hydroxylation sites is 1. The van der Waals surface area contributed by atoms with Gasteiger partial charge in [0.15, 0.2) is 0 Å². The van der Waals surface area contributed by atoms with Gasteiger partial charge in [-0.1, -0.05) is 12.1 Å². The van der Waals surface area contributed by atoms with E-state index in [2.05, 4.69) is 0 Å². The molecule has 1 aromatic rings. The smallest absolute Gasteiger partial charge is 0.255 e. The van der Waals surface area contributed by atoms with Crippen molar-refractivity contribution in [2.45, 2.75) is 6.10 Å². The number of ether oxygens (including phenoxy) is 1. The summed E-state index contributed by atoms with van der Waals surface area (Å²) in [5.74, 6) is -0.210. The third-order valence-electron chi connectivity index (χ3n) is 2.38. The Hall–Kier alpha value is -1.59. The Morgan fingerprint density at radius 1 is 1.53 bits per heavy atom. The molecule has 1 aromatic carbocycles. The van der Waals surface area contributed by atoms with Crippen molar-refractivity contribution in [1.82, 2.24) is 4.90 Å². The summed E-state index contributed by atoms with van der Waals surface area (Å²) in [5.41, 5.74) is 6.59. The zero-order valence-electron chi connectivity index (χ0n) is 10.1. The van der Waals surface area contributed by atoms with Crippen molar-refractivity contribution in [2.75, 3.05) is 33.0 Å². The molecule has 0 radical (unpaired) electrons. The van der Waals surface area contributed by atoms with Crippen LogP contribution in [0.4, 0.5) is 5.69 Å². The van der Waals surface area contributed by atoms with Gasteiger partial charge in [0, 0.05) is 26.4 Å². The number of amides is 1. The number of likely N-dealkylation sites (N-methyl/N-ethyl adjacent to an activating group) is 1. The molecule has 17 heavy (non-hydrogen) atoms. The lowest BCUT2D eigenvalue weighted by Crippen LogP contribution is -2.36. The molecular weight excluding hydrogens is 220 g/mol. The molecule has 0 bridgehead atoms. The Morgan fingerprint density at radius 2 is 2.18 bits per heavy atom. The molecule has 0 heterocycles. The molecule has 1 atom stereocenters. The number of carbonyl (C=O) groups excluding carboxylic acids is 1. The van der Waals surface area contributed by atoms with Gasteiger partial charge in [-0.2, -0.15) is 0 Å². The highest BCUT2D eigenvalue weighted by Gasteiger charge is 2.16. The lowest BCUT2D eigenvalue weighted by molar-refractivity contribution is 0.0380. The Balaban J connectivity index is 2.67. The lowest BCUT2D eigenvalue weighted by Gasteiger charge is -2.21. The van der Waals surface area contributed by atoms with Crippen molar-refractivity contribution in [2.24, 2.45) is 0 Å². The number of nitrogens with zero attached hydrogens (tertiary/aromatic N) is 1. The van der Waals surface area contributed by atoms with E-state index in [-0.39, 0.29) is 19.1 Å². The number of nitrogen functional groups attached to an aromatic ring is 1. The monoisotopic (exact) mass is 238 g/mol. The SMILES string of the molecule is COCC(O)CN(C)C(=O)c1ccccc1N. The van der Waals surface area contributed by atoms with E-state index in [1.165, 1.54) is 12.0 Å². The second kappa shape index (κ2) is 6.22. The molecule has 1 amide bonds. The summed E-state index contributed by atoms with van der Waals surface area (Å²) >= 11 is 0.